The van der Waals surface area contributed by atoms with Crippen LogP contribution in [0, 0.1) is 4.91 Å². The van der Waals surface area contributed by atoms with Crippen molar-refractivity contribution in [1.82, 2.24) is 10.6 Å². The Kier molecular flexibility index (Phi) is 7.71. The molecule has 1 saturated heterocycles. The van der Waals surface area contributed by atoms with Crippen LogP contribution in [0.25, 0.3) is 0 Å². The highest BCUT2D eigenvalue weighted by atomic mass is 32.2. The zero-order valence-corrected chi connectivity index (χ0v) is 14.8. The van der Waals surface area contributed by atoms with E-state index in [1.807, 2.05) is 0 Å². The molecule has 1 aliphatic heterocycles. The molecule has 1 rings (SSSR count). The maximum Gasteiger partial charge on any atom is 0.244 e. The van der Waals surface area contributed by atoms with Gasteiger partial charge in [0.25, 0.3) is 0 Å². The second-order valence-corrected chi connectivity index (χ2v) is 7.55. The maximum absolute atomic E-state index is 12.5. The van der Waals surface area contributed by atoms with E-state index in [2.05, 4.69) is 15.2 Å². The average molecular weight is 381 g/mol. The van der Waals surface area contributed by atoms with Gasteiger partial charge in [-0.05, 0) is 13.8 Å². The summed E-state index contributed by atoms with van der Waals surface area (Å²) in [6, 6.07) is -2.63. The molecule has 1 aliphatic rings. The molecule has 0 saturated carbocycles. The fourth-order valence-electron chi connectivity index (χ4n) is 2.41. The molecule has 6 N–H and O–H groups in total. The zero-order valence-electron chi connectivity index (χ0n) is 13.9. The fraction of sp³-hybridized carbons (Fsp3) is 0.846. The number of nitrogens with one attached hydrogen (secondary N) is 2. The van der Waals surface area contributed by atoms with Gasteiger partial charge < -0.3 is 35.8 Å². The molecule has 1 heterocycles. The Balaban J connectivity index is 2.95. The Morgan fingerprint density at radius 2 is 1.88 bits per heavy atom. The van der Waals surface area contributed by atoms with E-state index in [4.69, 9.17) is 9.84 Å². The number of carbonyl (C=O) groups is 2. The molecular weight excluding hydrogens is 358 g/mol. The highest BCUT2D eigenvalue weighted by molar-refractivity contribution is 7.99. The molecule has 2 amide bonds. The lowest BCUT2D eigenvalue weighted by atomic mass is 9.95. The lowest BCUT2D eigenvalue weighted by molar-refractivity contribution is -0.254. The van der Waals surface area contributed by atoms with Crippen molar-refractivity contribution in [2.24, 2.45) is 4.58 Å². The topological polar surface area (TPSA) is 178 Å². The van der Waals surface area contributed by atoms with Gasteiger partial charge >= 0.3 is 0 Å². The van der Waals surface area contributed by atoms with Crippen molar-refractivity contribution in [1.29, 1.82) is 0 Å². The third-order valence-electron chi connectivity index (χ3n) is 3.79. The number of aliphatic hydroxyl groups is 4. The van der Waals surface area contributed by atoms with Crippen molar-refractivity contribution in [3.8, 4) is 0 Å². The van der Waals surface area contributed by atoms with Crippen LogP contribution < -0.4 is 10.6 Å². The number of nitroso groups, excluding NO2 is 1. The van der Waals surface area contributed by atoms with E-state index in [1.54, 1.807) is 0 Å². The monoisotopic (exact) mass is 381 g/mol. The molecule has 1 fully saturated rings. The minimum atomic E-state index is -1.70. The van der Waals surface area contributed by atoms with E-state index >= 15 is 0 Å². The second-order valence-electron chi connectivity index (χ2n) is 6.17. The van der Waals surface area contributed by atoms with Crippen LogP contribution in [0.3, 0.4) is 0 Å². The molecule has 0 aromatic rings. The molecule has 12 heteroatoms. The predicted molar refractivity (Wildman–Crippen MR) is 87.0 cm³/mol. The number of aliphatic hydroxyl groups excluding tert-OH is 4. The van der Waals surface area contributed by atoms with E-state index in [9.17, 15) is 29.8 Å². The van der Waals surface area contributed by atoms with Crippen molar-refractivity contribution in [3.05, 3.63) is 4.91 Å². The Morgan fingerprint density at radius 1 is 1.28 bits per heavy atom. The number of hydrogen-bond donors (Lipinski definition) is 6. The number of carbonyl (C=O) groups excluding carboxylic acids is 2. The van der Waals surface area contributed by atoms with Gasteiger partial charge in [0.1, 0.15) is 30.4 Å². The van der Waals surface area contributed by atoms with Gasteiger partial charge in [-0.25, -0.2) is 0 Å². The smallest absolute Gasteiger partial charge is 0.244 e. The van der Waals surface area contributed by atoms with E-state index in [1.165, 1.54) is 20.8 Å². The van der Waals surface area contributed by atoms with Crippen molar-refractivity contribution in [3.63, 3.8) is 0 Å². The number of amides is 2. The molecule has 0 unspecified atom stereocenters. The van der Waals surface area contributed by atoms with Crippen LogP contribution in [0.2, 0.25) is 0 Å². The first-order valence-corrected chi connectivity index (χ1v) is 8.21. The van der Waals surface area contributed by atoms with Crippen molar-refractivity contribution in [2.45, 2.75) is 62.2 Å². The molecule has 0 radical (unpaired) electrons. The third-order valence-corrected chi connectivity index (χ3v) is 4.57. The SMILES string of the molecule is CC(=O)N[C@H](C(=O)N[C@@H]1[C@@H](O)[C@H](O)[C@@H](CO)O[C@H]1O)C(C)(C)SN=O. The van der Waals surface area contributed by atoms with Crippen LogP contribution in [-0.2, 0) is 14.3 Å². The molecule has 0 bridgehead atoms. The summed E-state index contributed by atoms with van der Waals surface area (Å²) in [5.74, 6) is -1.36. The van der Waals surface area contributed by atoms with Gasteiger partial charge in [0.05, 0.1) is 11.4 Å². The molecule has 0 spiro atoms. The first kappa shape index (κ1) is 21.7. The number of ether oxygens (including phenoxy) is 1. The highest BCUT2D eigenvalue weighted by Crippen LogP contribution is 2.29. The quantitative estimate of drug-likeness (QED) is 0.207. The van der Waals surface area contributed by atoms with Crippen LogP contribution >= 0.6 is 11.9 Å². The molecule has 11 nitrogen and oxygen atoms in total. The van der Waals surface area contributed by atoms with Gasteiger partial charge in [-0.2, -0.15) is 0 Å². The largest absolute Gasteiger partial charge is 0.394 e. The molecule has 0 aliphatic carbocycles. The minimum absolute atomic E-state index is 0.535. The molecule has 0 aromatic heterocycles. The van der Waals surface area contributed by atoms with Crippen LogP contribution in [0.5, 0.6) is 0 Å². The van der Waals surface area contributed by atoms with E-state index < -0.39 is 59.9 Å². The minimum Gasteiger partial charge on any atom is -0.394 e. The van der Waals surface area contributed by atoms with Crippen LogP contribution in [0.15, 0.2) is 4.58 Å². The molecule has 144 valence electrons. The van der Waals surface area contributed by atoms with Crippen LogP contribution in [-0.4, -0.2) is 80.3 Å². The molecule has 6 atom stereocenters. The lowest BCUT2D eigenvalue weighted by Crippen LogP contribution is -2.67. The molecule has 25 heavy (non-hydrogen) atoms. The van der Waals surface area contributed by atoms with Gasteiger partial charge in [0, 0.05) is 23.5 Å². The summed E-state index contributed by atoms with van der Waals surface area (Å²) in [4.78, 5) is 34.4. The van der Waals surface area contributed by atoms with Crippen LogP contribution in [0.4, 0.5) is 0 Å². The van der Waals surface area contributed by atoms with E-state index in [-0.39, 0.29) is 0 Å². The van der Waals surface area contributed by atoms with Gasteiger partial charge in [-0.3, -0.25) is 9.59 Å². The van der Waals surface area contributed by atoms with Gasteiger partial charge in [0.2, 0.25) is 11.8 Å². The van der Waals surface area contributed by atoms with Crippen molar-refractivity contribution in [2.75, 3.05) is 6.61 Å². The molecular formula is C13H23N3O8S. The first-order chi connectivity index (χ1) is 11.5. The van der Waals surface area contributed by atoms with Gasteiger partial charge in [0.15, 0.2) is 6.29 Å². The summed E-state index contributed by atoms with van der Waals surface area (Å²) >= 11 is 0.535. The Hall–Kier alpha value is -1.31. The summed E-state index contributed by atoms with van der Waals surface area (Å²) in [6.07, 6.45) is -6.08. The van der Waals surface area contributed by atoms with Gasteiger partial charge in [-0.15, -0.1) is 4.91 Å². The van der Waals surface area contributed by atoms with Gasteiger partial charge in [-0.1, -0.05) is 0 Å². The Labute approximate surface area is 148 Å². The first-order valence-electron chi connectivity index (χ1n) is 7.44. The average Bonchev–Trinajstić information content (AvgIpc) is 2.52. The number of rotatable bonds is 7. The summed E-state index contributed by atoms with van der Waals surface area (Å²) < 4.78 is 6.49. The zero-order chi connectivity index (χ0) is 19.4. The Morgan fingerprint density at radius 3 is 2.36 bits per heavy atom. The summed E-state index contributed by atoms with van der Waals surface area (Å²) in [5, 5.41) is 43.5. The van der Waals surface area contributed by atoms with E-state index in [0.717, 1.165) is 0 Å². The fourth-order valence-corrected chi connectivity index (χ4v) is 2.87. The summed E-state index contributed by atoms with van der Waals surface area (Å²) in [6.45, 7) is 3.54. The Bertz CT molecular complexity index is 506. The maximum atomic E-state index is 12.5. The van der Waals surface area contributed by atoms with Crippen molar-refractivity contribution >= 4 is 23.8 Å². The standard InChI is InChI=1S/C13H23N3O8S/c1-5(18)14-10(13(2,3)25-16-23)11(21)15-7-9(20)8(19)6(4-17)24-12(7)22/h6-10,12,17,19-20,22H,4H2,1-3H3,(H,14,18)(H,15,21)/t6-,7-,8-,9-,10-,12-/m1/s1. The van der Waals surface area contributed by atoms with Crippen molar-refractivity contribution < 1.29 is 34.8 Å². The number of hydrogen-bond acceptors (Lipinski definition) is 10. The lowest BCUT2D eigenvalue weighted by Gasteiger charge is -2.41. The number of nitrogens with zero attached hydrogens (tertiary/aromatic N) is 1. The second kappa shape index (κ2) is 8.87. The summed E-state index contributed by atoms with van der Waals surface area (Å²) in [5.41, 5.74) is 0. The third kappa shape index (κ3) is 5.33. The predicted octanol–water partition coefficient (Wildman–Crippen LogP) is -2.40. The molecule has 0 aromatic carbocycles. The highest BCUT2D eigenvalue weighted by Gasteiger charge is 2.46. The normalized spacial score (nSPS) is 31.1. The summed E-state index contributed by atoms with van der Waals surface area (Å²) in [7, 11) is 0. The van der Waals surface area contributed by atoms with Crippen LogP contribution in [0.1, 0.15) is 20.8 Å². The van der Waals surface area contributed by atoms with E-state index in [0.29, 0.717) is 11.9 Å².